The van der Waals surface area contributed by atoms with E-state index in [-0.39, 0.29) is 0 Å². The molecule has 1 aliphatic carbocycles. The maximum Gasteiger partial charge on any atom is 0.737 e. The van der Waals surface area contributed by atoms with E-state index < -0.39 is 6.97 Å². The second-order valence-corrected chi connectivity index (χ2v) is 7.63. The Balaban J connectivity index is 1.61. The molecule has 1 aromatic heterocycles. The van der Waals surface area contributed by atoms with Crippen molar-refractivity contribution < 1.29 is 13.1 Å². The molecule has 0 fully saturated rings. The summed E-state index contributed by atoms with van der Waals surface area (Å²) in [7, 11) is 4.02. The van der Waals surface area contributed by atoms with Gasteiger partial charge in [-0.25, -0.2) is 0 Å². The fourth-order valence-corrected chi connectivity index (χ4v) is 4.02. The number of nitrogens with zero attached hydrogens (tertiary/aromatic N) is 3. The molecule has 5 rings (SSSR count). The lowest BCUT2D eigenvalue weighted by Crippen LogP contribution is -2.65. The Morgan fingerprint density at radius 2 is 1.66 bits per heavy atom. The Kier molecular flexibility index (Phi) is 3.84. The van der Waals surface area contributed by atoms with Crippen LogP contribution < -0.4 is 9.38 Å². The highest BCUT2D eigenvalue weighted by Crippen LogP contribution is 2.37. The predicted molar refractivity (Wildman–Crippen MR) is 115 cm³/mol. The lowest BCUT2D eigenvalue weighted by Gasteiger charge is -2.27. The summed E-state index contributed by atoms with van der Waals surface area (Å²) < 4.78 is 32.2. The van der Waals surface area contributed by atoms with Crippen molar-refractivity contribution in [2.75, 3.05) is 19.0 Å². The third-order valence-corrected chi connectivity index (χ3v) is 5.57. The van der Waals surface area contributed by atoms with Gasteiger partial charge < -0.3 is 22.5 Å². The third kappa shape index (κ3) is 2.75. The molecule has 0 bridgehead atoms. The first kappa shape index (κ1) is 17.7. The topological polar surface area (TPSA) is 12.1 Å². The largest absolute Gasteiger partial charge is 0.737 e. The molecular formula is C23H20BF2N3. The first-order chi connectivity index (χ1) is 13.9. The molecule has 0 atom stereocenters. The van der Waals surface area contributed by atoms with Gasteiger partial charge in [0.2, 0.25) is 0 Å². The van der Waals surface area contributed by atoms with Gasteiger partial charge in [0.15, 0.2) is 5.69 Å². The Bertz CT molecular complexity index is 1210. The molecule has 3 nitrogen and oxygen atoms in total. The number of benzene rings is 1. The summed E-state index contributed by atoms with van der Waals surface area (Å²) in [6, 6.07) is 19.3. The Morgan fingerprint density at radius 3 is 2.41 bits per heavy atom. The standard InChI is InChI=1S/C23H20BF2N3/c1-27(2)20-11-8-17(9-12-20)5-6-18-7-10-19-13-15-29-23(19)21(16-18)22-4-3-14-28(22)24(29,25)26/h3-16H,1-2H3/b6-5+. The van der Waals surface area contributed by atoms with E-state index in [0.717, 1.165) is 36.9 Å². The van der Waals surface area contributed by atoms with Crippen LogP contribution in [-0.2, 0) is 0 Å². The highest BCUT2D eigenvalue weighted by molar-refractivity contribution is 6.56. The molecule has 0 radical (unpaired) electrons. The molecule has 2 aromatic rings. The summed E-state index contributed by atoms with van der Waals surface area (Å²) >= 11 is 0. The van der Waals surface area contributed by atoms with E-state index in [1.165, 1.54) is 12.4 Å². The van der Waals surface area contributed by atoms with E-state index >= 15 is 0 Å². The molecule has 0 saturated heterocycles. The molecule has 1 aromatic carbocycles. The van der Waals surface area contributed by atoms with E-state index in [2.05, 4.69) is 29.2 Å². The van der Waals surface area contributed by atoms with Gasteiger partial charge >= 0.3 is 6.97 Å². The average molecular weight is 387 g/mol. The maximum atomic E-state index is 15.0. The van der Waals surface area contributed by atoms with Gasteiger partial charge in [-0.15, -0.1) is 0 Å². The van der Waals surface area contributed by atoms with Crippen LogP contribution in [0.1, 0.15) is 11.1 Å². The molecule has 29 heavy (non-hydrogen) atoms. The number of rotatable bonds is 3. The van der Waals surface area contributed by atoms with Gasteiger partial charge in [0, 0.05) is 37.1 Å². The highest BCUT2D eigenvalue weighted by Gasteiger charge is 2.50. The van der Waals surface area contributed by atoms with E-state index in [0.29, 0.717) is 11.4 Å². The number of hydrogen-bond acceptors (Lipinski definition) is 1. The fourth-order valence-electron chi connectivity index (χ4n) is 4.02. The molecule has 144 valence electrons. The number of aromatic nitrogens is 2. The van der Waals surface area contributed by atoms with Crippen LogP contribution in [0.5, 0.6) is 0 Å². The molecule has 2 aliphatic heterocycles. The summed E-state index contributed by atoms with van der Waals surface area (Å²) in [6.45, 7) is -3.87. The molecule has 0 N–H and O–H groups in total. The normalized spacial score (nSPS) is 14.3. The van der Waals surface area contributed by atoms with Crippen LogP contribution in [0.15, 0.2) is 73.1 Å². The minimum Gasteiger partial charge on any atom is -0.396 e. The zero-order chi connectivity index (χ0) is 20.2. The van der Waals surface area contributed by atoms with Crippen LogP contribution in [0.25, 0.3) is 34.7 Å². The Labute approximate surface area is 168 Å². The highest BCUT2D eigenvalue weighted by atomic mass is 19.2. The van der Waals surface area contributed by atoms with E-state index in [9.17, 15) is 8.63 Å². The molecule has 0 spiro atoms. The molecule has 3 aliphatic rings. The second kappa shape index (κ2) is 6.31. The van der Waals surface area contributed by atoms with Gasteiger partial charge in [-0.3, -0.25) is 0 Å². The van der Waals surface area contributed by atoms with Crippen LogP contribution in [0, 0.1) is 0 Å². The van der Waals surface area contributed by atoms with Crippen molar-refractivity contribution in [1.82, 2.24) is 4.48 Å². The van der Waals surface area contributed by atoms with Crippen molar-refractivity contribution in [3.05, 3.63) is 84.2 Å². The van der Waals surface area contributed by atoms with Crippen molar-refractivity contribution in [3.8, 4) is 22.5 Å². The Morgan fingerprint density at radius 1 is 0.931 bits per heavy atom. The second-order valence-electron chi connectivity index (χ2n) is 7.63. The predicted octanol–water partition coefficient (Wildman–Crippen LogP) is 4.87. The summed E-state index contributed by atoms with van der Waals surface area (Å²) in [5, 5.41) is 0. The Hall–Kier alpha value is -3.41. The smallest absolute Gasteiger partial charge is 0.396 e. The van der Waals surface area contributed by atoms with Crippen LogP contribution in [0.4, 0.5) is 14.3 Å². The zero-order valence-electron chi connectivity index (χ0n) is 16.3. The van der Waals surface area contributed by atoms with Gasteiger partial charge in [-0.1, -0.05) is 30.4 Å². The SMILES string of the molecule is CN(C)c1ccc(/C=C/c2ccc3cc[n+]4c-3c(c2)-c2cccn2[B-]4(F)F)cc1. The average Bonchev–Trinajstić information content (AvgIpc) is 3.32. The summed E-state index contributed by atoms with van der Waals surface area (Å²) in [6.07, 6.45) is 7.01. The van der Waals surface area contributed by atoms with E-state index in [1.54, 1.807) is 18.2 Å². The molecule has 3 heterocycles. The van der Waals surface area contributed by atoms with Crippen LogP contribution in [-0.4, -0.2) is 25.5 Å². The maximum absolute atomic E-state index is 15.0. The van der Waals surface area contributed by atoms with Gasteiger partial charge in [0.05, 0.1) is 5.56 Å². The van der Waals surface area contributed by atoms with Gasteiger partial charge in [0.25, 0.3) is 0 Å². The molecule has 6 heteroatoms. The van der Waals surface area contributed by atoms with Crippen LogP contribution in [0.3, 0.4) is 0 Å². The summed E-state index contributed by atoms with van der Waals surface area (Å²) in [5.74, 6) is 0. The summed E-state index contributed by atoms with van der Waals surface area (Å²) in [5.41, 5.74) is 5.94. The number of anilines is 1. The minimum atomic E-state index is -3.87. The van der Waals surface area contributed by atoms with E-state index in [4.69, 9.17) is 0 Å². The molecular weight excluding hydrogens is 367 g/mol. The van der Waals surface area contributed by atoms with E-state index in [1.807, 2.05) is 44.4 Å². The first-order valence-electron chi connectivity index (χ1n) is 9.58. The minimum absolute atomic E-state index is 0.549. The molecule has 0 saturated carbocycles. The monoisotopic (exact) mass is 387 g/mol. The lowest BCUT2D eigenvalue weighted by atomic mass is 9.89. The number of fused-ring (bicyclic) bond motifs is 2. The first-order valence-corrected chi connectivity index (χ1v) is 9.58. The lowest BCUT2D eigenvalue weighted by molar-refractivity contribution is -0.554. The zero-order valence-corrected chi connectivity index (χ0v) is 16.3. The molecule has 0 unspecified atom stereocenters. The van der Waals surface area contributed by atoms with Crippen LogP contribution >= 0.6 is 0 Å². The fraction of sp³-hybridized carbons (Fsp3) is 0.0870. The van der Waals surface area contributed by atoms with Gasteiger partial charge in [0.1, 0.15) is 6.20 Å². The molecule has 0 amide bonds. The van der Waals surface area contributed by atoms with Crippen molar-refractivity contribution >= 4 is 24.8 Å². The van der Waals surface area contributed by atoms with Gasteiger partial charge in [-0.2, -0.15) is 0 Å². The van der Waals surface area contributed by atoms with Crippen LogP contribution in [0.2, 0.25) is 0 Å². The van der Waals surface area contributed by atoms with Crippen molar-refractivity contribution in [3.63, 3.8) is 0 Å². The van der Waals surface area contributed by atoms with Crippen molar-refractivity contribution in [1.29, 1.82) is 0 Å². The van der Waals surface area contributed by atoms with Gasteiger partial charge in [-0.05, 0) is 53.7 Å². The quantitative estimate of drug-likeness (QED) is 0.457. The van der Waals surface area contributed by atoms with Crippen molar-refractivity contribution in [2.45, 2.75) is 0 Å². The third-order valence-electron chi connectivity index (χ3n) is 5.57. The number of hydrogen-bond donors (Lipinski definition) is 0. The van der Waals surface area contributed by atoms with Crippen molar-refractivity contribution in [2.24, 2.45) is 0 Å². The summed E-state index contributed by atoms with van der Waals surface area (Å²) in [4.78, 5) is 2.06. The number of halogens is 2.